The summed E-state index contributed by atoms with van der Waals surface area (Å²) in [6.45, 7) is 6.02. The zero-order chi connectivity index (χ0) is 20.3. The van der Waals surface area contributed by atoms with E-state index in [1.54, 1.807) is 24.3 Å². The van der Waals surface area contributed by atoms with E-state index in [4.69, 9.17) is 10.5 Å². The van der Waals surface area contributed by atoms with Crippen molar-refractivity contribution in [3.05, 3.63) is 88.7 Å². The fraction of sp³-hybridized carbons (Fsp3) is 0.217. The molecule has 0 saturated heterocycles. The summed E-state index contributed by atoms with van der Waals surface area (Å²) >= 11 is 0. The molecule has 5 heteroatoms. The van der Waals surface area contributed by atoms with Gasteiger partial charge >= 0.3 is 0 Å². The molecule has 0 bridgehead atoms. The number of primary amides is 1. The van der Waals surface area contributed by atoms with Gasteiger partial charge in [0.25, 0.3) is 0 Å². The predicted octanol–water partition coefficient (Wildman–Crippen LogP) is 4.07. The van der Waals surface area contributed by atoms with Crippen molar-refractivity contribution in [1.29, 1.82) is 0 Å². The third-order valence-corrected chi connectivity index (χ3v) is 4.96. The van der Waals surface area contributed by atoms with Gasteiger partial charge in [-0.25, -0.2) is 0 Å². The van der Waals surface area contributed by atoms with E-state index in [1.807, 2.05) is 38.1 Å². The molecule has 1 atom stereocenters. The lowest BCUT2D eigenvalue weighted by molar-refractivity contribution is 0.0919. The van der Waals surface area contributed by atoms with Crippen LogP contribution in [0.1, 0.15) is 50.6 Å². The fourth-order valence-corrected chi connectivity index (χ4v) is 3.48. The summed E-state index contributed by atoms with van der Waals surface area (Å²) in [5, 5.41) is 0. The van der Waals surface area contributed by atoms with Gasteiger partial charge in [0.1, 0.15) is 5.75 Å². The number of carbonyl (C=O) groups is 2. The van der Waals surface area contributed by atoms with E-state index < -0.39 is 5.91 Å². The minimum atomic E-state index is -0.498. The van der Waals surface area contributed by atoms with Crippen LogP contribution < -0.4 is 10.5 Å². The van der Waals surface area contributed by atoms with E-state index in [-0.39, 0.29) is 18.4 Å². The quantitative estimate of drug-likeness (QED) is 0.632. The van der Waals surface area contributed by atoms with Gasteiger partial charge in [-0.3, -0.25) is 9.59 Å². The number of hydrogen-bond donors (Lipinski definition) is 1. The first-order valence-electron chi connectivity index (χ1n) is 9.17. The van der Waals surface area contributed by atoms with E-state index in [2.05, 4.69) is 23.6 Å². The molecular formula is C23H24N2O3. The molecule has 1 amide bonds. The monoisotopic (exact) mass is 376 g/mol. The van der Waals surface area contributed by atoms with Crippen molar-refractivity contribution in [2.24, 2.45) is 5.73 Å². The van der Waals surface area contributed by atoms with Crippen molar-refractivity contribution in [3.63, 3.8) is 0 Å². The summed E-state index contributed by atoms with van der Waals surface area (Å²) in [6.07, 6.45) is 0. The predicted molar refractivity (Wildman–Crippen MR) is 109 cm³/mol. The van der Waals surface area contributed by atoms with Crippen LogP contribution in [0.25, 0.3) is 0 Å². The Morgan fingerprint density at radius 3 is 2.29 bits per heavy atom. The van der Waals surface area contributed by atoms with E-state index in [0.29, 0.717) is 16.9 Å². The summed E-state index contributed by atoms with van der Waals surface area (Å²) in [5.41, 5.74) is 9.43. The topological polar surface area (TPSA) is 74.3 Å². The highest BCUT2D eigenvalue weighted by Gasteiger charge is 2.20. The van der Waals surface area contributed by atoms with Gasteiger partial charge in [0.15, 0.2) is 6.61 Å². The summed E-state index contributed by atoms with van der Waals surface area (Å²) in [6, 6.07) is 18.7. The Balaban J connectivity index is 1.75. The molecule has 0 unspecified atom stereocenters. The van der Waals surface area contributed by atoms with Gasteiger partial charge in [-0.2, -0.15) is 0 Å². The Bertz CT molecular complexity index is 989. The number of benzene rings is 2. The number of aromatic nitrogens is 1. The highest BCUT2D eigenvalue weighted by molar-refractivity contribution is 5.98. The minimum absolute atomic E-state index is 0.0695. The molecule has 144 valence electrons. The lowest BCUT2D eigenvalue weighted by atomic mass is 10.1. The lowest BCUT2D eigenvalue weighted by Crippen LogP contribution is -2.15. The maximum atomic E-state index is 12.7. The molecule has 2 N–H and O–H groups in total. The second-order valence-corrected chi connectivity index (χ2v) is 6.84. The first kappa shape index (κ1) is 19.4. The van der Waals surface area contributed by atoms with E-state index in [9.17, 15) is 9.59 Å². The molecule has 0 aliphatic heterocycles. The number of nitrogens with zero attached hydrogens (tertiary/aromatic N) is 1. The molecule has 3 rings (SSSR count). The van der Waals surface area contributed by atoms with Gasteiger partial charge in [0, 0.05) is 22.5 Å². The summed E-state index contributed by atoms with van der Waals surface area (Å²) in [4.78, 5) is 23.8. The normalized spacial score (nSPS) is 11.8. The number of rotatable bonds is 7. The number of aryl methyl sites for hydroxylation is 1. The van der Waals surface area contributed by atoms with Crippen LogP contribution in [-0.4, -0.2) is 22.9 Å². The van der Waals surface area contributed by atoms with E-state index in [0.717, 1.165) is 11.4 Å². The molecule has 0 saturated carbocycles. The summed E-state index contributed by atoms with van der Waals surface area (Å²) in [7, 11) is 0. The third kappa shape index (κ3) is 3.98. The zero-order valence-corrected chi connectivity index (χ0v) is 16.3. The number of ether oxygens (including phenoxy) is 1. The summed E-state index contributed by atoms with van der Waals surface area (Å²) in [5.74, 6) is -0.0639. The molecule has 0 radical (unpaired) electrons. The van der Waals surface area contributed by atoms with Crippen molar-refractivity contribution in [3.8, 4) is 5.75 Å². The minimum Gasteiger partial charge on any atom is -0.485 e. The molecule has 1 aromatic heterocycles. The van der Waals surface area contributed by atoms with Crippen LogP contribution in [-0.2, 0) is 0 Å². The molecular weight excluding hydrogens is 352 g/mol. The van der Waals surface area contributed by atoms with Crippen LogP contribution in [0.4, 0.5) is 0 Å². The number of carbonyl (C=O) groups excluding carboxylic acids is 2. The summed E-state index contributed by atoms with van der Waals surface area (Å²) < 4.78 is 7.77. The first-order chi connectivity index (χ1) is 13.4. The zero-order valence-electron chi connectivity index (χ0n) is 16.3. The number of nitrogens with two attached hydrogens (primary N) is 1. The Kier molecular flexibility index (Phi) is 5.64. The van der Waals surface area contributed by atoms with Gasteiger partial charge in [-0.05, 0) is 56.7 Å². The van der Waals surface area contributed by atoms with Crippen LogP contribution in [0.5, 0.6) is 5.75 Å². The SMILES string of the molecule is Cc1cc(C(=O)COc2ccc(C(N)=O)cc2)c(C)n1[C@@H](C)c1ccccc1. The van der Waals surface area contributed by atoms with Crippen molar-refractivity contribution >= 4 is 11.7 Å². The molecule has 3 aromatic rings. The molecule has 2 aromatic carbocycles. The van der Waals surface area contributed by atoms with Crippen LogP contribution in [0.3, 0.4) is 0 Å². The van der Waals surface area contributed by atoms with E-state index in [1.165, 1.54) is 5.56 Å². The Morgan fingerprint density at radius 1 is 1.04 bits per heavy atom. The first-order valence-corrected chi connectivity index (χ1v) is 9.17. The Labute approximate surface area is 164 Å². The molecule has 5 nitrogen and oxygen atoms in total. The van der Waals surface area contributed by atoms with Gasteiger partial charge in [-0.1, -0.05) is 30.3 Å². The Morgan fingerprint density at radius 2 is 1.68 bits per heavy atom. The van der Waals surface area contributed by atoms with Gasteiger partial charge in [-0.15, -0.1) is 0 Å². The van der Waals surface area contributed by atoms with Crippen LogP contribution in [0.15, 0.2) is 60.7 Å². The average Bonchev–Trinajstić information content (AvgIpc) is 3.00. The molecule has 0 aliphatic carbocycles. The van der Waals surface area contributed by atoms with Gasteiger partial charge < -0.3 is 15.0 Å². The second-order valence-electron chi connectivity index (χ2n) is 6.84. The number of ketones is 1. The smallest absolute Gasteiger partial charge is 0.248 e. The maximum absolute atomic E-state index is 12.7. The van der Waals surface area contributed by atoms with Crippen molar-refractivity contribution in [1.82, 2.24) is 4.57 Å². The second kappa shape index (κ2) is 8.13. The number of amides is 1. The van der Waals surface area contributed by atoms with Crippen molar-refractivity contribution in [2.75, 3.05) is 6.61 Å². The molecule has 28 heavy (non-hydrogen) atoms. The van der Waals surface area contributed by atoms with E-state index >= 15 is 0 Å². The Hall–Kier alpha value is -3.34. The molecule has 0 spiro atoms. The standard InChI is InChI=1S/C23H24N2O3/c1-15-13-21(17(3)25(15)16(2)18-7-5-4-6-8-18)22(26)14-28-20-11-9-19(10-12-20)23(24)27/h4-13,16H,14H2,1-3H3,(H2,24,27)/t16-/m0/s1. The van der Waals surface area contributed by atoms with Gasteiger partial charge in [0.05, 0.1) is 6.04 Å². The maximum Gasteiger partial charge on any atom is 0.248 e. The molecule has 0 aliphatic rings. The fourth-order valence-electron chi connectivity index (χ4n) is 3.48. The lowest BCUT2D eigenvalue weighted by Gasteiger charge is -2.19. The van der Waals surface area contributed by atoms with Gasteiger partial charge in [0.2, 0.25) is 11.7 Å². The third-order valence-electron chi connectivity index (χ3n) is 4.96. The van der Waals surface area contributed by atoms with Crippen molar-refractivity contribution < 1.29 is 14.3 Å². The van der Waals surface area contributed by atoms with Crippen molar-refractivity contribution in [2.45, 2.75) is 26.8 Å². The van der Waals surface area contributed by atoms with Crippen LogP contribution in [0.2, 0.25) is 0 Å². The number of hydrogen-bond acceptors (Lipinski definition) is 3. The average molecular weight is 376 g/mol. The highest BCUT2D eigenvalue weighted by atomic mass is 16.5. The van der Waals surface area contributed by atoms with Crippen LogP contribution >= 0.6 is 0 Å². The van der Waals surface area contributed by atoms with Crippen LogP contribution in [0, 0.1) is 13.8 Å². The molecule has 0 fully saturated rings. The largest absolute Gasteiger partial charge is 0.485 e. The molecule has 1 heterocycles. The highest BCUT2D eigenvalue weighted by Crippen LogP contribution is 2.26. The number of Topliss-reactive ketones (excluding diaryl/α,β-unsaturated/α-hetero) is 1.